The van der Waals surface area contributed by atoms with E-state index in [1.807, 2.05) is 6.07 Å². The molecule has 0 radical (unpaired) electrons. The molecule has 0 amide bonds. The van der Waals surface area contributed by atoms with Gasteiger partial charge in [-0.15, -0.1) is 0 Å². The number of Topliss-reactive ketones (excluding diaryl/α,β-unsaturated/α-hetero) is 1. The molecule has 7 nitrogen and oxygen atoms in total. The molecule has 1 atom stereocenters. The molecule has 2 aliphatic rings. The zero-order valence-corrected chi connectivity index (χ0v) is 17.4. The Hall–Kier alpha value is -4.20. The fraction of sp³-hybridized carbons (Fsp3) is 0.217. The largest absolute Gasteiger partial charge is 0.416 e. The van der Waals surface area contributed by atoms with Crippen LogP contribution in [-0.4, -0.2) is 10.7 Å². The topological polar surface area (TPSA) is 113 Å². The van der Waals surface area contributed by atoms with Crippen LogP contribution in [0.2, 0.25) is 0 Å². The number of nitriles is 1. The number of alkyl halides is 3. The molecule has 0 aromatic heterocycles. The summed E-state index contributed by atoms with van der Waals surface area (Å²) in [6, 6.07) is 9.16. The number of carbonyl (C=O) groups excluding carboxylic acids is 1. The van der Waals surface area contributed by atoms with Crippen molar-refractivity contribution in [3.05, 3.63) is 92.2 Å². The summed E-state index contributed by atoms with van der Waals surface area (Å²) in [6.07, 6.45) is -3.64. The molecule has 0 fully saturated rings. The van der Waals surface area contributed by atoms with Gasteiger partial charge in [0.25, 0.3) is 0 Å². The molecule has 4 rings (SSSR count). The molecule has 174 valence electrons. The minimum Gasteiger partial charge on any atom is -0.384 e. The van der Waals surface area contributed by atoms with Gasteiger partial charge < -0.3 is 5.73 Å². The van der Waals surface area contributed by atoms with Crippen LogP contribution in [0.5, 0.6) is 0 Å². The smallest absolute Gasteiger partial charge is 0.384 e. The summed E-state index contributed by atoms with van der Waals surface area (Å²) in [7, 11) is 0. The number of rotatable bonds is 3. The maximum absolute atomic E-state index is 13.9. The van der Waals surface area contributed by atoms with E-state index in [9.17, 15) is 37.7 Å². The Morgan fingerprint density at radius 1 is 1.15 bits per heavy atom. The van der Waals surface area contributed by atoms with Gasteiger partial charge in [-0.25, -0.2) is 0 Å². The number of hydrogen-bond donors (Lipinski definition) is 1. The minimum atomic E-state index is -4.56. The number of benzene rings is 2. The molecule has 2 aromatic carbocycles. The van der Waals surface area contributed by atoms with E-state index in [2.05, 4.69) is 0 Å². The summed E-state index contributed by atoms with van der Waals surface area (Å²) < 4.78 is 53.0. The molecule has 0 unspecified atom stereocenters. The summed E-state index contributed by atoms with van der Waals surface area (Å²) in [5.41, 5.74) is 5.44. The maximum atomic E-state index is 13.9. The summed E-state index contributed by atoms with van der Waals surface area (Å²) >= 11 is 0. The molecule has 11 heteroatoms. The van der Waals surface area contributed by atoms with E-state index in [-0.39, 0.29) is 40.4 Å². The molecule has 0 bridgehead atoms. The molecule has 0 saturated carbocycles. The van der Waals surface area contributed by atoms with Crippen molar-refractivity contribution in [1.29, 1.82) is 5.26 Å². The first-order valence-electron chi connectivity index (χ1n) is 10.1. The van der Waals surface area contributed by atoms with Crippen LogP contribution in [-0.2, 0) is 11.0 Å². The number of nitro groups is 1. The molecular weight excluding hydrogens is 456 g/mol. The first-order chi connectivity index (χ1) is 16.0. The van der Waals surface area contributed by atoms with Gasteiger partial charge in [0.05, 0.1) is 33.7 Å². The number of nitro benzene ring substituents is 1. The standard InChI is InChI=1S/C23H16F4N4O3/c24-16-9-8-14(10-18(16)31(33)34)30-17-2-1-3-19(32)21(17)20(15(11-28)22(30)29)12-4-6-13(7-5-12)23(25,26)27/h4-10,20H,1-3,29H2/t20-/m0/s1. The van der Waals surface area contributed by atoms with Gasteiger partial charge in [-0.3, -0.25) is 19.8 Å². The number of anilines is 1. The average molecular weight is 472 g/mol. The van der Waals surface area contributed by atoms with E-state index < -0.39 is 34.1 Å². The van der Waals surface area contributed by atoms with Gasteiger partial charge in [-0.05, 0) is 42.7 Å². The van der Waals surface area contributed by atoms with Gasteiger partial charge in [0, 0.05) is 23.8 Å². The Morgan fingerprint density at radius 2 is 1.82 bits per heavy atom. The number of nitrogens with two attached hydrogens (primary N) is 1. The number of hydrogen-bond acceptors (Lipinski definition) is 6. The van der Waals surface area contributed by atoms with E-state index in [0.717, 1.165) is 24.3 Å². The lowest BCUT2D eigenvalue weighted by atomic mass is 9.75. The first-order valence-corrected chi connectivity index (χ1v) is 10.1. The highest BCUT2D eigenvalue weighted by Gasteiger charge is 2.41. The van der Waals surface area contributed by atoms with Crippen LogP contribution >= 0.6 is 0 Å². The number of nitrogens with zero attached hydrogens (tertiary/aromatic N) is 3. The number of halogens is 4. The van der Waals surface area contributed by atoms with E-state index >= 15 is 0 Å². The van der Waals surface area contributed by atoms with Gasteiger partial charge >= 0.3 is 11.9 Å². The highest BCUT2D eigenvalue weighted by Crippen LogP contribution is 2.47. The molecular formula is C23H16F4N4O3. The second-order valence-electron chi connectivity index (χ2n) is 7.83. The number of carbonyl (C=O) groups is 1. The van der Waals surface area contributed by atoms with E-state index in [0.29, 0.717) is 18.5 Å². The lowest BCUT2D eigenvalue weighted by Crippen LogP contribution is -2.38. The molecule has 2 aromatic rings. The van der Waals surface area contributed by atoms with Gasteiger partial charge in [-0.1, -0.05) is 12.1 Å². The van der Waals surface area contributed by atoms with Crippen molar-refractivity contribution >= 4 is 17.2 Å². The van der Waals surface area contributed by atoms with Crippen LogP contribution in [0.1, 0.15) is 36.3 Å². The van der Waals surface area contributed by atoms with Crippen LogP contribution in [0.25, 0.3) is 0 Å². The molecule has 0 saturated heterocycles. The lowest BCUT2D eigenvalue weighted by Gasteiger charge is -2.39. The minimum absolute atomic E-state index is 0.0893. The Bertz CT molecular complexity index is 1310. The number of ketones is 1. The second kappa shape index (κ2) is 8.30. The molecule has 1 aliphatic carbocycles. The molecule has 1 heterocycles. The average Bonchev–Trinajstić information content (AvgIpc) is 2.78. The van der Waals surface area contributed by atoms with Gasteiger partial charge in [-0.2, -0.15) is 22.8 Å². The van der Waals surface area contributed by atoms with Crippen molar-refractivity contribution in [1.82, 2.24) is 0 Å². The van der Waals surface area contributed by atoms with E-state index in [4.69, 9.17) is 5.73 Å². The molecule has 0 spiro atoms. The van der Waals surface area contributed by atoms with Crippen LogP contribution in [0.4, 0.5) is 28.9 Å². The van der Waals surface area contributed by atoms with Crippen molar-refractivity contribution in [2.75, 3.05) is 4.90 Å². The molecule has 34 heavy (non-hydrogen) atoms. The molecule has 1 aliphatic heterocycles. The van der Waals surface area contributed by atoms with Crippen LogP contribution < -0.4 is 10.6 Å². The fourth-order valence-electron chi connectivity index (χ4n) is 4.36. The highest BCUT2D eigenvalue weighted by molar-refractivity contribution is 6.01. The summed E-state index contributed by atoms with van der Waals surface area (Å²) in [4.78, 5) is 24.7. The van der Waals surface area contributed by atoms with E-state index in [1.165, 1.54) is 23.1 Å². The first kappa shape index (κ1) is 23.0. The third-order valence-electron chi connectivity index (χ3n) is 5.87. The van der Waals surface area contributed by atoms with Crippen molar-refractivity contribution < 1.29 is 27.3 Å². The summed E-state index contributed by atoms with van der Waals surface area (Å²) in [5, 5.41) is 21.1. The van der Waals surface area contributed by atoms with Crippen molar-refractivity contribution in [2.45, 2.75) is 31.4 Å². The maximum Gasteiger partial charge on any atom is 0.416 e. The van der Waals surface area contributed by atoms with Crippen molar-refractivity contribution in [3.63, 3.8) is 0 Å². The Kier molecular flexibility index (Phi) is 5.61. The SMILES string of the molecule is N#CC1=C(N)N(c2ccc(F)c([N+](=O)[O-])c2)C2=C(C(=O)CCC2)[C@H]1c1ccc(C(F)(F)F)cc1. The monoisotopic (exact) mass is 472 g/mol. The third kappa shape index (κ3) is 3.77. The van der Waals surface area contributed by atoms with Crippen LogP contribution in [0, 0.1) is 27.3 Å². The summed E-state index contributed by atoms with van der Waals surface area (Å²) in [5.74, 6) is -2.51. The third-order valence-corrected chi connectivity index (χ3v) is 5.87. The van der Waals surface area contributed by atoms with Gasteiger partial charge in [0.2, 0.25) is 5.82 Å². The quantitative estimate of drug-likeness (QED) is 0.380. The second-order valence-corrected chi connectivity index (χ2v) is 7.83. The van der Waals surface area contributed by atoms with Crippen LogP contribution in [0.3, 0.4) is 0 Å². The van der Waals surface area contributed by atoms with Gasteiger partial charge in [0.1, 0.15) is 5.82 Å². The Morgan fingerprint density at radius 3 is 2.41 bits per heavy atom. The van der Waals surface area contributed by atoms with Gasteiger partial charge in [0.15, 0.2) is 5.78 Å². The zero-order valence-electron chi connectivity index (χ0n) is 17.4. The predicted octanol–water partition coefficient (Wildman–Crippen LogP) is 5.06. The Labute approximate surface area is 190 Å². The zero-order chi connectivity index (χ0) is 24.8. The highest BCUT2D eigenvalue weighted by atomic mass is 19.4. The lowest BCUT2D eigenvalue weighted by molar-refractivity contribution is -0.387. The Balaban J connectivity index is 1.92. The van der Waals surface area contributed by atoms with Crippen molar-refractivity contribution in [3.8, 4) is 6.07 Å². The summed E-state index contributed by atoms with van der Waals surface area (Å²) in [6.45, 7) is 0. The number of allylic oxidation sites excluding steroid dienone is 3. The fourth-order valence-corrected chi connectivity index (χ4v) is 4.36. The molecule has 2 N–H and O–H groups in total. The normalized spacial score (nSPS) is 18.6. The van der Waals surface area contributed by atoms with E-state index in [1.54, 1.807) is 0 Å². The van der Waals surface area contributed by atoms with Crippen LogP contribution in [0.15, 0.2) is 65.1 Å². The predicted molar refractivity (Wildman–Crippen MR) is 112 cm³/mol. The van der Waals surface area contributed by atoms with Crippen molar-refractivity contribution in [2.24, 2.45) is 5.73 Å².